The zero-order valence-corrected chi connectivity index (χ0v) is 14.2. The van der Waals surface area contributed by atoms with E-state index in [1.54, 1.807) is 12.1 Å². The number of hydrogen-bond acceptors (Lipinski definition) is 5. The quantitative estimate of drug-likeness (QED) is 0.468. The molecule has 1 saturated heterocycles. The molecule has 126 valence electrons. The average Bonchev–Trinajstić information content (AvgIpc) is 2.84. The van der Waals surface area contributed by atoms with Gasteiger partial charge in [-0.3, -0.25) is 24.6 Å². The second-order valence-electron chi connectivity index (χ2n) is 5.61. The van der Waals surface area contributed by atoms with E-state index >= 15 is 0 Å². The fourth-order valence-corrected chi connectivity index (χ4v) is 3.23. The third kappa shape index (κ3) is 3.77. The van der Waals surface area contributed by atoms with Crippen LogP contribution in [0.15, 0.2) is 53.4 Å². The van der Waals surface area contributed by atoms with Crippen molar-refractivity contribution < 1.29 is 14.5 Å². The number of nitro benzene ring substituents is 1. The fraction of sp³-hybridized carbons (Fsp3) is 0.111. The normalized spacial score (nSPS) is 15.9. The lowest BCUT2D eigenvalue weighted by Gasteiger charge is -2.12. The Bertz CT molecular complexity index is 890. The molecule has 6 nitrogen and oxygen atoms in total. The van der Waals surface area contributed by atoms with Crippen LogP contribution in [-0.4, -0.2) is 21.0 Å². The van der Waals surface area contributed by atoms with Crippen molar-refractivity contribution in [2.24, 2.45) is 0 Å². The molecule has 2 aromatic carbocycles. The fourth-order valence-electron chi connectivity index (χ4n) is 2.39. The first kappa shape index (κ1) is 16.9. The smallest absolute Gasteiger partial charge is 0.268 e. The van der Waals surface area contributed by atoms with Gasteiger partial charge in [0.2, 0.25) is 0 Å². The highest BCUT2D eigenvalue weighted by Gasteiger charge is 2.35. The predicted octanol–water partition coefficient (Wildman–Crippen LogP) is 4.14. The lowest BCUT2D eigenvalue weighted by Crippen LogP contribution is -2.27. The molecule has 0 spiro atoms. The largest absolute Gasteiger partial charge is 0.293 e. The molecule has 1 heterocycles. The highest BCUT2D eigenvalue weighted by Crippen LogP contribution is 2.33. The van der Waals surface area contributed by atoms with E-state index in [1.165, 1.54) is 23.1 Å². The molecule has 25 heavy (non-hydrogen) atoms. The van der Waals surface area contributed by atoms with Gasteiger partial charge in [0.15, 0.2) is 0 Å². The van der Waals surface area contributed by atoms with Crippen molar-refractivity contribution in [3.63, 3.8) is 0 Å². The molecule has 0 bridgehead atoms. The summed E-state index contributed by atoms with van der Waals surface area (Å²) in [5.74, 6) is -0.387. The second kappa shape index (κ2) is 6.90. The van der Waals surface area contributed by atoms with E-state index in [9.17, 15) is 19.7 Å². The molecule has 0 N–H and O–H groups in total. The number of amides is 2. The number of non-ortho nitro benzene ring substituents is 1. The van der Waals surface area contributed by atoms with Gasteiger partial charge in [0, 0.05) is 12.1 Å². The summed E-state index contributed by atoms with van der Waals surface area (Å²) in [6.07, 6.45) is 1.51. The summed E-state index contributed by atoms with van der Waals surface area (Å²) in [5, 5.41) is 10.5. The SMILES string of the molecule is Cc1ccc(CN2C(=O)SC(=Cc3cccc([N+](=O)[O-])c3)C2=O)cc1. The lowest BCUT2D eigenvalue weighted by atomic mass is 10.1. The Morgan fingerprint density at radius 3 is 2.56 bits per heavy atom. The lowest BCUT2D eigenvalue weighted by molar-refractivity contribution is -0.384. The summed E-state index contributed by atoms with van der Waals surface area (Å²) in [7, 11) is 0. The van der Waals surface area contributed by atoms with Crippen LogP contribution in [0.2, 0.25) is 0 Å². The molecule has 0 radical (unpaired) electrons. The number of nitro groups is 1. The molecule has 7 heteroatoms. The number of carbonyl (C=O) groups is 2. The Morgan fingerprint density at radius 1 is 1.16 bits per heavy atom. The second-order valence-corrected chi connectivity index (χ2v) is 6.60. The molecule has 0 aliphatic carbocycles. The van der Waals surface area contributed by atoms with Crippen LogP contribution in [0.25, 0.3) is 6.08 Å². The maximum Gasteiger partial charge on any atom is 0.293 e. The van der Waals surface area contributed by atoms with Crippen LogP contribution >= 0.6 is 11.8 Å². The number of benzene rings is 2. The first-order chi connectivity index (χ1) is 11.9. The van der Waals surface area contributed by atoms with Gasteiger partial charge in [-0.15, -0.1) is 0 Å². The van der Waals surface area contributed by atoms with Crippen molar-refractivity contribution in [1.29, 1.82) is 0 Å². The molecule has 1 fully saturated rings. The van der Waals surface area contributed by atoms with E-state index < -0.39 is 4.92 Å². The third-order valence-corrected chi connectivity index (χ3v) is 4.62. The number of rotatable bonds is 4. The van der Waals surface area contributed by atoms with Crippen LogP contribution in [0.4, 0.5) is 10.5 Å². The van der Waals surface area contributed by atoms with Gasteiger partial charge >= 0.3 is 0 Å². The van der Waals surface area contributed by atoms with Gasteiger partial charge in [0.1, 0.15) is 0 Å². The van der Waals surface area contributed by atoms with E-state index in [0.29, 0.717) is 5.56 Å². The van der Waals surface area contributed by atoms with Gasteiger partial charge in [0.05, 0.1) is 16.4 Å². The highest BCUT2D eigenvalue weighted by atomic mass is 32.2. The van der Waals surface area contributed by atoms with Gasteiger partial charge in [-0.2, -0.15) is 0 Å². The van der Waals surface area contributed by atoms with Crippen molar-refractivity contribution in [1.82, 2.24) is 4.90 Å². The minimum Gasteiger partial charge on any atom is -0.268 e. The third-order valence-electron chi connectivity index (χ3n) is 3.71. The van der Waals surface area contributed by atoms with Crippen LogP contribution in [0, 0.1) is 17.0 Å². The van der Waals surface area contributed by atoms with Gasteiger partial charge in [-0.25, -0.2) is 0 Å². The van der Waals surface area contributed by atoms with Crippen molar-refractivity contribution in [2.75, 3.05) is 0 Å². The number of aryl methyl sites for hydroxylation is 1. The molecule has 2 aromatic rings. The summed E-state index contributed by atoms with van der Waals surface area (Å²) < 4.78 is 0. The monoisotopic (exact) mass is 354 g/mol. The first-order valence-electron chi connectivity index (χ1n) is 7.49. The number of hydrogen-bond donors (Lipinski definition) is 0. The van der Waals surface area contributed by atoms with E-state index in [0.717, 1.165) is 22.9 Å². The minimum absolute atomic E-state index is 0.0624. The summed E-state index contributed by atoms with van der Waals surface area (Å²) >= 11 is 0.842. The molecule has 0 aromatic heterocycles. The first-order valence-corrected chi connectivity index (χ1v) is 8.31. The van der Waals surface area contributed by atoms with Crippen molar-refractivity contribution in [3.05, 3.63) is 80.2 Å². The minimum atomic E-state index is -0.500. The molecule has 0 saturated carbocycles. The van der Waals surface area contributed by atoms with E-state index in [-0.39, 0.29) is 28.3 Å². The van der Waals surface area contributed by atoms with E-state index in [4.69, 9.17) is 0 Å². The van der Waals surface area contributed by atoms with Crippen LogP contribution < -0.4 is 0 Å². The van der Waals surface area contributed by atoms with Gasteiger partial charge in [0.25, 0.3) is 16.8 Å². The highest BCUT2D eigenvalue weighted by molar-refractivity contribution is 8.18. The zero-order chi connectivity index (χ0) is 18.0. The Morgan fingerprint density at radius 2 is 1.88 bits per heavy atom. The summed E-state index contributed by atoms with van der Waals surface area (Å²) in [4.78, 5) is 36.4. The van der Waals surface area contributed by atoms with Crippen LogP contribution in [0.3, 0.4) is 0 Å². The Labute approximate surface area is 148 Å². The number of nitrogens with zero attached hydrogens (tertiary/aromatic N) is 2. The number of imide groups is 1. The Balaban J connectivity index is 1.82. The molecule has 3 rings (SSSR count). The molecule has 1 aliphatic heterocycles. The zero-order valence-electron chi connectivity index (χ0n) is 13.3. The summed E-state index contributed by atoms with van der Waals surface area (Å²) in [6, 6.07) is 13.5. The predicted molar refractivity (Wildman–Crippen MR) is 95.8 cm³/mol. The topological polar surface area (TPSA) is 80.5 Å². The Hall–Kier alpha value is -2.93. The van der Waals surface area contributed by atoms with Gasteiger partial charge in [-0.05, 0) is 35.9 Å². The maximum atomic E-state index is 12.5. The van der Waals surface area contributed by atoms with Crippen molar-refractivity contribution >= 4 is 34.7 Å². The van der Waals surface area contributed by atoms with Crippen LogP contribution in [-0.2, 0) is 11.3 Å². The standard InChI is InChI=1S/C18H14N2O4S/c1-12-5-7-13(8-6-12)11-19-17(21)16(25-18(19)22)10-14-3-2-4-15(9-14)20(23)24/h2-10H,11H2,1H3. The molecular formula is C18H14N2O4S. The van der Waals surface area contributed by atoms with E-state index in [1.807, 2.05) is 31.2 Å². The molecule has 2 amide bonds. The Kier molecular flexibility index (Phi) is 4.67. The van der Waals surface area contributed by atoms with E-state index in [2.05, 4.69) is 0 Å². The molecule has 0 atom stereocenters. The number of thioether (sulfide) groups is 1. The van der Waals surface area contributed by atoms with Gasteiger partial charge < -0.3 is 0 Å². The van der Waals surface area contributed by atoms with Crippen molar-refractivity contribution in [2.45, 2.75) is 13.5 Å². The molecular weight excluding hydrogens is 340 g/mol. The van der Waals surface area contributed by atoms with Gasteiger partial charge in [-0.1, -0.05) is 42.0 Å². The number of carbonyl (C=O) groups excluding carboxylic acids is 2. The molecule has 0 unspecified atom stereocenters. The van der Waals surface area contributed by atoms with Crippen LogP contribution in [0.5, 0.6) is 0 Å². The summed E-state index contributed by atoms with van der Waals surface area (Å²) in [6.45, 7) is 2.17. The maximum absolute atomic E-state index is 12.5. The summed E-state index contributed by atoms with van der Waals surface area (Å²) in [5.41, 5.74) is 2.41. The molecule has 1 aliphatic rings. The van der Waals surface area contributed by atoms with Crippen LogP contribution in [0.1, 0.15) is 16.7 Å². The van der Waals surface area contributed by atoms with Crippen molar-refractivity contribution in [3.8, 4) is 0 Å². The average molecular weight is 354 g/mol.